The third-order valence-electron chi connectivity index (χ3n) is 2.58. The number of carbonyl (C=O) groups excluding carboxylic acids is 1. The minimum absolute atomic E-state index is 0.0480. The molecule has 0 aliphatic carbocycles. The summed E-state index contributed by atoms with van der Waals surface area (Å²) in [4.78, 5) is 23.0. The van der Waals surface area contributed by atoms with Gasteiger partial charge in [0.15, 0.2) is 0 Å². The van der Waals surface area contributed by atoms with Crippen LogP contribution >= 0.6 is 23.2 Å². The molecule has 0 spiro atoms. The quantitative estimate of drug-likeness (QED) is 0.785. The first kappa shape index (κ1) is 15.2. The van der Waals surface area contributed by atoms with Crippen molar-refractivity contribution in [2.24, 2.45) is 0 Å². The Labute approximate surface area is 130 Å². The molecule has 5 nitrogen and oxygen atoms in total. The van der Waals surface area contributed by atoms with Gasteiger partial charge in [0.25, 0.3) is 0 Å². The Balaban J connectivity index is 2.15. The maximum absolute atomic E-state index is 11.9. The molecule has 0 atom stereocenters. The van der Waals surface area contributed by atoms with Crippen molar-refractivity contribution in [3.63, 3.8) is 0 Å². The Morgan fingerprint density at radius 1 is 0.952 bits per heavy atom. The second kappa shape index (κ2) is 6.47. The number of carboxylic acids is 1. The number of anilines is 2. The van der Waals surface area contributed by atoms with Gasteiger partial charge in [-0.05, 0) is 36.4 Å². The Hall–Kier alpha value is -2.24. The van der Waals surface area contributed by atoms with E-state index >= 15 is 0 Å². The highest BCUT2D eigenvalue weighted by atomic mass is 35.5. The lowest BCUT2D eigenvalue weighted by molar-refractivity contribution is 0.0698. The number of urea groups is 1. The molecule has 0 aliphatic heterocycles. The van der Waals surface area contributed by atoms with Gasteiger partial charge in [0.05, 0.1) is 10.7 Å². The number of rotatable bonds is 3. The Morgan fingerprint density at radius 2 is 1.62 bits per heavy atom. The van der Waals surface area contributed by atoms with Crippen LogP contribution in [0.1, 0.15) is 10.4 Å². The van der Waals surface area contributed by atoms with E-state index in [1.165, 1.54) is 12.1 Å². The van der Waals surface area contributed by atoms with Crippen LogP contribution in [0.25, 0.3) is 0 Å². The molecule has 0 radical (unpaired) electrons. The fourth-order valence-corrected chi connectivity index (χ4v) is 2.04. The van der Waals surface area contributed by atoms with Gasteiger partial charge in [-0.2, -0.15) is 0 Å². The molecule has 0 saturated heterocycles. The summed E-state index contributed by atoms with van der Waals surface area (Å²) in [7, 11) is 0. The maximum Gasteiger partial charge on any atom is 0.339 e. The molecule has 0 heterocycles. The molecule has 2 rings (SSSR count). The van der Waals surface area contributed by atoms with Crippen molar-refractivity contribution >= 4 is 46.6 Å². The van der Waals surface area contributed by atoms with Crippen molar-refractivity contribution in [3.8, 4) is 0 Å². The summed E-state index contributed by atoms with van der Waals surface area (Å²) in [5, 5.41) is 14.7. The first-order chi connectivity index (χ1) is 9.97. The zero-order valence-corrected chi connectivity index (χ0v) is 12.1. The lowest BCUT2D eigenvalue weighted by Gasteiger charge is -2.11. The van der Waals surface area contributed by atoms with Crippen molar-refractivity contribution in [2.45, 2.75) is 0 Å². The molecule has 3 N–H and O–H groups in total. The Bertz CT molecular complexity index is 687. The number of nitrogens with one attached hydrogen (secondary N) is 2. The number of hydrogen-bond acceptors (Lipinski definition) is 2. The van der Waals surface area contributed by atoms with E-state index in [2.05, 4.69) is 10.6 Å². The van der Waals surface area contributed by atoms with Crippen LogP contribution in [0, 0.1) is 0 Å². The summed E-state index contributed by atoms with van der Waals surface area (Å²) in [5.74, 6) is -1.22. The van der Waals surface area contributed by atoms with E-state index in [-0.39, 0.29) is 16.3 Å². The standard InChI is InChI=1S/C14H10Cl2N2O3/c15-8-4-6-9(7-5-8)17-14(21)18-11-3-1-2-10(16)12(11)13(19)20/h1-7H,(H,19,20)(H2,17,18,21). The van der Waals surface area contributed by atoms with E-state index in [9.17, 15) is 9.59 Å². The Kier molecular flexibility index (Phi) is 4.67. The number of carboxylic acid groups (broad SMARTS) is 1. The second-order valence-corrected chi connectivity index (χ2v) is 4.90. The number of benzene rings is 2. The minimum Gasteiger partial charge on any atom is -0.478 e. The molecule has 2 aromatic carbocycles. The molecule has 0 fully saturated rings. The predicted molar refractivity (Wildman–Crippen MR) is 82.5 cm³/mol. The van der Waals surface area contributed by atoms with E-state index in [4.69, 9.17) is 28.3 Å². The van der Waals surface area contributed by atoms with Crippen molar-refractivity contribution in [1.82, 2.24) is 0 Å². The SMILES string of the molecule is O=C(Nc1ccc(Cl)cc1)Nc1cccc(Cl)c1C(=O)O. The predicted octanol–water partition coefficient (Wildman–Crippen LogP) is 4.34. The van der Waals surface area contributed by atoms with Crippen molar-refractivity contribution in [3.05, 3.63) is 58.1 Å². The summed E-state index contributed by atoms with van der Waals surface area (Å²) < 4.78 is 0. The second-order valence-electron chi connectivity index (χ2n) is 4.05. The van der Waals surface area contributed by atoms with Gasteiger partial charge in [0.1, 0.15) is 5.56 Å². The summed E-state index contributed by atoms with van der Waals surface area (Å²) in [5.41, 5.74) is 0.475. The zero-order valence-electron chi connectivity index (χ0n) is 10.6. The summed E-state index contributed by atoms with van der Waals surface area (Å²) in [6.07, 6.45) is 0. The molecule has 7 heteroatoms. The molecule has 108 valence electrons. The average Bonchev–Trinajstić information content (AvgIpc) is 2.41. The summed E-state index contributed by atoms with van der Waals surface area (Å²) in [6, 6.07) is 10.4. The fraction of sp³-hybridized carbons (Fsp3) is 0. The maximum atomic E-state index is 11.9. The summed E-state index contributed by atoms with van der Waals surface area (Å²) >= 11 is 11.6. The smallest absolute Gasteiger partial charge is 0.339 e. The molecule has 0 saturated carbocycles. The van der Waals surface area contributed by atoms with Crippen LogP contribution < -0.4 is 10.6 Å². The first-order valence-electron chi connectivity index (χ1n) is 5.83. The van der Waals surface area contributed by atoms with Gasteiger partial charge in [-0.1, -0.05) is 29.3 Å². The highest BCUT2D eigenvalue weighted by Crippen LogP contribution is 2.24. The third-order valence-corrected chi connectivity index (χ3v) is 3.14. The van der Waals surface area contributed by atoms with Crippen LogP contribution in [0.4, 0.5) is 16.2 Å². The van der Waals surface area contributed by atoms with Crippen LogP contribution in [-0.2, 0) is 0 Å². The molecule has 2 amide bonds. The molecular weight excluding hydrogens is 315 g/mol. The van der Waals surface area contributed by atoms with E-state index in [0.29, 0.717) is 10.7 Å². The topological polar surface area (TPSA) is 78.4 Å². The van der Waals surface area contributed by atoms with E-state index in [0.717, 1.165) is 0 Å². The van der Waals surface area contributed by atoms with E-state index in [1.54, 1.807) is 30.3 Å². The average molecular weight is 325 g/mol. The monoisotopic (exact) mass is 324 g/mol. The van der Waals surface area contributed by atoms with Gasteiger partial charge in [-0.15, -0.1) is 0 Å². The van der Waals surface area contributed by atoms with Crippen LogP contribution in [0.2, 0.25) is 10.0 Å². The zero-order chi connectivity index (χ0) is 15.4. The number of hydrogen-bond donors (Lipinski definition) is 3. The van der Waals surface area contributed by atoms with E-state index in [1.807, 2.05) is 0 Å². The van der Waals surface area contributed by atoms with Crippen LogP contribution in [0.15, 0.2) is 42.5 Å². The molecular formula is C14H10Cl2N2O3. The minimum atomic E-state index is -1.22. The Morgan fingerprint density at radius 3 is 2.24 bits per heavy atom. The number of aromatic carboxylic acids is 1. The van der Waals surface area contributed by atoms with Crippen LogP contribution in [0.3, 0.4) is 0 Å². The molecule has 2 aromatic rings. The lowest BCUT2D eigenvalue weighted by Crippen LogP contribution is -2.21. The number of halogens is 2. The number of amides is 2. The van der Waals surface area contributed by atoms with Crippen LogP contribution in [0.5, 0.6) is 0 Å². The molecule has 0 unspecified atom stereocenters. The van der Waals surface area contributed by atoms with Gasteiger partial charge in [0, 0.05) is 10.7 Å². The highest BCUT2D eigenvalue weighted by molar-refractivity contribution is 6.34. The first-order valence-corrected chi connectivity index (χ1v) is 6.58. The number of carbonyl (C=O) groups is 2. The van der Waals surface area contributed by atoms with Gasteiger partial charge < -0.3 is 15.7 Å². The summed E-state index contributed by atoms with van der Waals surface area (Å²) in [6.45, 7) is 0. The normalized spacial score (nSPS) is 10.0. The largest absolute Gasteiger partial charge is 0.478 e. The molecule has 21 heavy (non-hydrogen) atoms. The third kappa shape index (κ3) is 3.87. The molecule has 0 aromatic heterocycles. The van der Waals surface area contributed by atoms with E-state index < -0.39 is 12.0 Å². The highest BCUT2D eigenvalue weighted by Gasteiger charge is 2.16. The van der Waals surface area contributed by atoms with Crippen LogP contribution in [-0.4, -0.2) is 17.1 Å². The van der Waals surface area contributed by atoms with Gasteiger partial charge in [-0.25, -0.2) is 9.59 Å². The van der Waals surface area contributed by atoms with Crippen molar-refractivity contribution in [2.75, 3.05) is 10.6 Å². The molecule has 0 bridgehead atoms. The van der Waals surface area contributed by atoms with Crippen molar-refractivity contribution in [1.29, 1.82) is 0 Å². The van der Waals surface area contributed by atoms with Crippen molar-refractivity contribution < 1.29 is 14.7 Å². The van der Waals surface area contributed by atoms with Gasteiger partial charge in [0.2, 0.25) is 0 Å². The molecule has 0 aliphatic rings. The lowest BCUT2D eigenvalue weighted by atomic mass is 10.2. The van der Waals surface area contributed by atoms with Gasteiger partial charge in [-0.3, -0.25) is 0 Å². The fourth-order valence-electron chi connectivity index (χ4n) is 1.66. The van der Waals surface area contributed by atoms with Gasteiger partial charge >= 0.3 is 12.0 Å².